The van der Waals surface area contributed by atoms with Crippen LogP contribution in [0.3, 0.4) is 0 Å². The van der Waals surface area contributed by atoms with Crippen LogP contribution >= 0.6 is 0 Å². The molecule has 0 aliphatic rings. The van der Waals surface area contributed by atoms with Crippen molar-refractivity contribution in [3.05, 3.63) is 30.2 Å². The van der Waals surface area contributed by atoms with E-state index in [9.17, 15) is 0 Å². The third-order valence-corrected chi connectivity index (χ3v) is 3.45. The van der Waals surface area contributed by atoms with Crippen LogP contribution in [0.25, 0.3) is 5.65 Å². The van der Waals surface area contributed by atoms with E-state index >= 15 is 0 Å². The minimum absolute atomic E-state index is 0.418. The molecule has 0 aromatic carbocycles. The van der Waals surface area contributed by atoms with Crippen LogP contribution in [-0.4, -0.2) is 27.2 Å². The molecule has 0 spiro atoms. The van der Waals surface area contributed by atoms with Crippen molar-refractivity contribution in [2.24, 2.45) is 0 Å². The molecule has 0 aliphatic carbocycles. The first-order chi connectivity index (χ1) is 8.76. The minimum atomic E-state index is 0.418. The Balaban J connectivity index is 2.17. The molecule has 18 heavy (non-hydrogen) atoms. The summed E-state index contributed by atoms with van der Waals surface area (Å²) in [5.74, 6) is 0.418. The van der Waals surface area contributed by atoms with Gasteiger partial charge in [0.05, 0.1) is 6.20 Å². The zero-order valence-electron chi connectivity index (χ0n) is 11.4. The van der Waals surface area contributed by atoms with Crippen molar-refractivity contribution < 1.29 is 0 Å². The van der Waals surface area contributed by atoms with Gasteiger partial charge < -0.3 is 5.32 Å². The highest BCUT2D eigenvalue weighted by Gasteiger charge is 2.18. The number of aromatic nitrogens is 3. The maximum atomic E-state index is 4.67. The van der Waals surface area contributed by atoms with E-state index in [1.807, 2.05) is 12.3 Å². The van der Waals surface area contributed by atoms with Crippen molar-refractivity contribution in [3.8, 4) is 0 Å². The third-order valence-electron chi connectivity index (χ3n) is 3.45. The average molecular weight is 246 g/mol. The largest absolute Gasteiger partial charge is 0.313 e. The molecule has 2 heterocycles. The lowest BCUT2D eigenvalue weighted by Crippen LogP contribution is -2.34. The molecule has 0 radical (unpaired) electrons. The van der Waals surface area contributed by atoms with Gasteiger partial charge in [-0.2, -0.15) is 5.10 Å². The Kier molecular flexibility index (Phi) is 4.31. The number of fused-ring (bicyclic) bond motifs is 1. The summed E-state index contributed by atoms with van der Waals surface area (Å²) in [6.45, 7) is 7.73. The molecule has 0 saturated heterocycles. The topological polar surface area (TPSA) is 42.2 Å². The van der Waals surface area contributed by atoms with E-state index in [-0.39, 0.29) is 0 Å². The molecule has 0 fully saturated rings. The highest BCUT2D eigenvalue weighted by Crippen LogP contribution is 2.19. The van der Waals surface area contributed by atoms with Gasteiger partial charge in [0.15, 0.2) is 5.65 Å². The van der Waals surface area contributed by atoms with E-state index in [0.717, 1.165) is 30.7 Å². The van der Waals surface area contributed by atoms with Gasteiger partial charge in [-0.25, -0.2) is 9.50 Å². The Labute approximate surface area is 108 Å². The summed E-state index contributed by atoms with van der Waals surface area (Å²) in [4.78, 5) is 4.67. The molecular weight excluding hydrogens is 224 g/mol. The van der Waals surface area contributed by atoms with Gasteiger partial charge in [0, 0.05) is 29.9 Å². The highest BCUT2D eigenvalue weighted by atomic mass is 15.2. The smallest absolute Gasteiger partial charge is 0.155 e. The first kappa shape index (κ1) is 13.0. The maximum absolute atomic E-state index is 4.67. The zero-order chi connectivity index (χ0) is 13.0. The van der Waals surface area contributed by atoms with Crippen LogP contribution in [-0.2, 0) is 0 Å². The maximum Gasteiger partial charge on any atom is 0.155 e. The zero-order valence-corrected chi connectivity index (χ0v) is 11.4. The fraction of sp³-hybridized carbons (Fsp3) is 0.571. The highest BCUT2D eigenvalue weighted by molar-refractivity contribution is 5.37. The normalized spacial score (nSPS) is 14.8. The summed E-state index contributed by atoms with van der Waals surface area (Å²) in [7, 11) is 0. The van der Waals surface area contributed by atoms with Gasteiger partial charge in [-0.3, -0.25) is 0 Å². The fourth-order valence-electron chi connectivity index (χ4n) is 2.29. The second-order valence-corrected chi connectivity index (χ2v) is 4.74. The van der Waals surface area contributed by atoms with Gasteiger partial charge in [0.25, 0.3) is 0 Å². The molecule has 1 N–H and O–H groups in total. The molecule has 4 nitrogen and oxygen atoms in total. The van der Waals surface area contributed by atoms with Crippen LogP contribution < -0.4 is 5.32 Å². The van der Waals surface area contributed by atoms with E-state index < -0.39 is 0 Å². The van der Waals surface area contributed by atoms with Crippen molar-refractivity contribution in [1.82, 2.24) is 19.9 Å². The van der Waals surface area contributed by atoms with E-state index in [2.05, 4.69) is 42.2 Å². The fourth-order valence-corrected chi connectivity index (χ4v) is 2.29. The van der Waals surface area contributed by atoms with E-state index in [1.165, 1.54) is 0 Å². The van der Waals surface area contributed by atoms with Crippen molar-refractivity contribution >= 4 is 5.65 Å². The van der Waals surface area contributed by atoms with Crippen LogP contribution in [0, 0.1) is 0 Å². The number of hydrogen-bond acceptors (Lipinski definition) is 3. The first-order valence-electron chi connectivity index (χ1n) is 6.80. The molecule has 4 heteroatoms. The molecule has 0 bridgehead atoms. The molecule has 2 unspecified atom stereocenters. The number of nitrogens with zero attached hydrogens (tertiary/aromatic N) is 3. The van der Waals surface area contributed by atoms with Crippen LogP contribution in [0.2, 0.25) is 0 Å². The SMILES string of the molecule is CCCNC(CC)C(C)c1ccn2nccc2n1. The van der Waals surface area contributed by atoms with Gasteiger partial charge in [0.2, 0.25) is 0 Å². The van der Waals surface area contributed by atoms with Crippen molar-refractivity contribution in [1.29, 1.82) is 0 Å². The van der Waals surface area contributed by atoms with Gasteiger partial charge in [-0.1, -0.05) is 20.8 Å². The predicted molar refractivity (Wildman–Crippen MR) is 73.8 cm³/mol. The van der Waals surface area contributed by atoms with E-state index in [4.69, 9.17) is 0 Å². The second kappa shape index (κ2) is 5.96. The quantitative estimate of drug-likeness (QED) is 0.852. The van der Waals surface area contributed by atoms with Gasteiger partial charge >= 0.3 is 0 Å². The lowest BCUT2D eigenvalue weighted by Gasteiger charge is -2.23. The van der Waals surface area contributed by atoms with Crippen molar-refractivity contribution in [3.63, 3.8) is 0 Å². The molecule has 2 aromatic heterocycles. The molecule has 98 valence electrons. The molecule has 0 aliphatic heterocycles. The predicted octanol–water partition coefficient (Wildman–Crippen LogP) is 2.61. The Hall–Kier alpha value is -1.42. The molecule has 2 aromatic rings. The first-order valence-corrected chi connectivity index (χ1v) is 6.80. The van der Waals surface area contributed by atoms with Crippen LogP contribution in [0.1, 0.15) is 45.2 Å². The molecular formula is C14H22N4. The summed E-state index contributed by atoms with van der Waals surface area (Å²) >= 11 is 0. The van der Waals surface area contributed by atoms with Crippen LogP contribution in [0.4, 0.5) is 0 Å². The second-order valence-electron chi connectivity index (χ2n) is 4.74. The Morgan fingerprint density at radius 1 is 1.33 bits per heavy atom. The van der Waals surface area contributed by atoms with Crippen LogP contribution in [0.15, 0.2) is 24.5 Å². The van der Waals surface area contributed by atoms with Gasteiger partial charge in [-0.05, 0) is 25.5 Å². The minimum Gasteiger partial charge on any atom is -0.313 e. The number of rotatable bonds is 6. The molecule has 0 amide bonds. The van der Waals surface area contributed by atoms with E-state index in [0.29, 0.717) is 12.0 Å². The van der Waals surface area contributed by atoms with Gasteiger partial charge in [0.1, 0.15) is 0 Å². The molecule has 2 atom stereocenters. The van der Waals surface area contributed by atoms with Crippen molar-refractivity contribution in [2.45, 2.75) is 45.6 Å². The summed E-state index contributed by atoms with van der Waals surface area (Å²) < 4.78 is 1.80. The van der Waals surface area contributed by atoms with Crippen LogP contribution in [0.5, 0.6) is 0 Å². The Morgan fingerprint density at radius 2 is 2.17 bits per heavy atom. The monoisotopic (exact) mass is 246 g/mol. The lowest BCUT2D eigenvalue weighted by molar-refractivity contribution is 0.433. The summed E-state index contributed by atoms with van der Waals surface area (Å²) in [5, 5.41) is 7.77. The molecule has 2 rings (SSSR count). The van der Waals surface area contributed by atoms with Crippen molar-refractivity contribution in [2.75, 3.05) is 6.54 Å². The Bertz CT molecular complexity index is 491. The summed E-state index contributed by atoms with van der Waals surface area (Å²) in [5.41, 5.74) is 2.06. The standard InChI is InChI=1S/C14H22N4/c1-4-8-15-12(5-2)11(3)13-7-10-18-14(17-13)6-9-16-18/h6-7,9-12,15H,4-5,8H2,1-3H3. The Morgan fingerprint density at radius 3 is 2.89 bits per heavy atom. The average Bonchev–Trinajstić information content (AvgIpc) is 2.86. The number of hydrogen-bond donors (Lipinski definition) is 1. The summed E-state index contributed by atoms with van der Waals surface area (Å²) in [6.07, 6.45) is 6.05. The lowest BCUT2D eigenvalue weighted by atomic mass is 9.96. The van der Waals surface area contributed by atoms with E-state index in [1.54, 1.807) is 10.7 Å². The number of nitrogens with one attached hydrogen (secondary N) is 1. The summed E-state index contributed by atoms with van der Waals surface area (Å²) in [6, 6.07) is 4.50. The van der Waals surface area contributed by atoms with Gasteiger partial charge in [-0.15, -0.1) is 0 Å². The molecule has 0 saturated carbocycles. The third kappa shape index (κ3) is 2.70.